The van der Waals surface area contributed by atoms with E-state index in [0.717, 1.165) is 57.4 Å². The minimum Gasteiger partial charge on any atom is -0.352 e. The molecule has 2 aromatic rings. The average Bonchev–Trinajstić information content (AvgIpc) is 2.88. The lowest BCUT2D eigenvalue weighted by Gasteiger charge is -2.40. The molecule has 0 saturated carbocycles. The normalized spacial score (nSPS) is 20.6. The Kier molecular flexibility index (Phi) is 8.59. The molecule has 2 aliphatic rings. The maximum atomic E-state index is 13.1. The molecular formula is C27H38N4O3S. The van der Waals surface area contributed by atoms with Crippen LogP contribution >= 0.6 is 0 Å². The molecule has 4 rings (SSSR count). The van der Waals surface area contributed by atoms with Gasteiger partial charge in [-0.1, -0.05) is 42.8 Å². The van der Waals surface area contributed by atoms with Crippen molar-refractivity contribution in [2.24, 2.45) is 0 Å². The predicted molar refractivity (Wildman–Crippen MR) is 139 cm³/mol. The van der Waals surface area contributed by atoms with Crippen molar-refractivity contribution in [2.75, 3.05) is 52.9 Å². The van der Waals surface area contributed by atoms with Crippen molar-refractivity contribution < 1.29 is 13.2 Å². The monoisotopic (exact) mass is 498 g/mol. The van der Waals surface area contributed by atoms with Crippen molar-refractivity contribution in [3.05, 3.63) is 65.2 Å². The molecule has 1 amide bonds. The van der Waals surface area contributed by atoms with Gasteiger partial charge in [0.1, 0.15) is 0 Å². The Hall–Kier alpha value is -2.26. The second kappa shape index (κ2) is 11.6. The van der Waals surface area contributed by atoms with Gasteiger partial charge in [0.15, 0.2) is 0 Å². The molecule has 2 fully saturated rings. The van der Waals surface area contributed by atoms with Crippen LogP contribution < -0.4 is 5.32 Å². The quantitative estimate of drug-likeness (QED) is 0.566. The van der Waals surface area contributed by atoms with Gasteiger partial charge in [0.2, 0.25) is 10.0 Å². The highest BCUT2D eigenvalue weighted by molar-refractivity contribution is 7.89. The number of hydrogen-bond donors (Lipinski definition) is 1. The number of nitrogens with one attached hydrogen (secondary N) is 1. The Morgan fingerprint density at radius 2 is 1.74 bits per heavy atom. The van der Waals surface area contributed by atoms with Crippen LogP contribution in [0.4, 0.5) is 0 Å². The van der Waals surface area contributed by atoms with Crippen LogP contribution in [0.1, 0.15) is 53.2 Å². The van der Waals surface area contributed by atoms with Crippen molar-refractivity contribution in [1.29, 1.82) is 0 Å². The number of likely N-dealkylation sites (N-methyl/N-ethyl adjacent to an activating group) is 1. The zero-order valence-electron chi connectivity index (χ0n) is 20.9. The van der Waals surface area contributed by atoms with Crippen molar-refractivity contribution in [3.63, 3.8) is 0 Å². The summed E-state index contributed by atoms with van der Waals surface area (Å²) in [6, 6.07) is 15.8. The fraction of sp³-hybridized carbons (Fsp3) is 0.519. The first-order chi connectivity index (χ1) is 16.9. The van der Waals surface area contributed by atoms with Crippen LogP contribution in [0.5, 0.6) is 0 Å². The molecule has 2 saturated heterocycles. The molecule has 190 valence electrons. The second-order valence-electron chi connectivity index (χ2n) is 9.78. The number of amides is 1. The summed E-state index contributed by atoms with van der Waals surface area (Å²) in [7, 11) is -1.41. The van der Waals surface area contributed by atoms with Crippen molar-refractivity contribution in [2.45, 2.75) is 43.5 Å². The largest absolute Gasteiger partial charge is 0.352 e. The lowest BCUT2D eigenvalue weighted by Crippen LogP contribution is -2.47. The maximum absolute atomic E-state index is 13.1. The summed E-state index contributed by atoms with van der Waals surface area (Å²) in [5.74, 6) is -0.212. The van der Waals surface area contributed by atoms with Gasteiger partial charge in [0.05, 0.1) is 4.90 Å². The number of benzene rings is 2. The van der Waals surface area contributed by atoms with Crippen LogP contribution in [0, 0.1) is 6.92 Å². The van der Waals surface area contributed by atoms with E-state index in [2.05, 4.69) is 46.4 Å². The van der Waals surface area contributed by atoms with E-state index in [1.807, 2.05) is 13.0 Å². The number of piperazine rings is 1. The van der Waals surface area contributed by atoms with Crippen LogP contribution in [0.15, 0.2) is 53.4 Å². The van der Waals surface area contributed by atoms with Gasteiger partial charge in [-0.05, 0) is 56.5 Å². The highest BCUT2D eigenvalue weighted by Crippen LogP contribution is 2.25. The Balaban J connectivity index is 1.35. The molecule has 1 unspecified atom stereocenters. The summed E-state index contributed by atoms with van der Waals surface area (Å²) in [4.78, 5) is 18.0. The molecule has 2 aromatic carbocycles. The first-order valence-electron chi connectivity index (χ1n) is 12.7. The Morgan fingerprint density at radius 3 is 2.49 bits per heavy atom. The van der Waals surface area contributed by atoms with Crippen molar-refractivity contribution in [1.82, 2.24) is 19.4 Å². The molecule has 0 aromatic heterocycles. The fourth-order valence-corrected chi connectivity index (χ4v) is 6.60. The molecule has 1 N–H and O–H groups in total. The number of aryl methyl sites for hydroxylation is 1. The van der Waals surface area contributed by atoms with Crippen LogP contribution in [0.2, 0.25) is 0 Å². The molecular weight excluding hydrogens is 460 g/mol. The molecule has 2 heterocycles. The third-order valence-electron chi connectivity index (χ3n) is 7.19. The van der Waals surface area contributed by atoms with E-state index in [1.54, 1.807) is 22.5 Å². The molecule has 0 bridgehead atoms. The van der Waals surface area contributed by atoms with Crippen LogP contribution in [0.25, 0.3) is 0 Å². The molecule has 0 spiro atoms. The summed E-state index contributed by atoms with van der Waals surface area (Å²) in [6.45, 7) is 7.43. The SMILES string of the molecule is Cc1ccc(S(=O)(=O)N2CCCCC2)cc1C(=O)NCCCN1CCN(C)CC1c1ccccc1. The van der Waals surface area contributed by atoms with Crippen LogP contribution in [0.3, 0.4) is 0 Å². The van der Waals surface area contributed by atoms with Crippen molar-refractivity contribution >= 4 is 15.9 Å². The van der Waals surface area contributed by atoms with Crippen LogP contribution in [-0.2, 0) is 10.0 Å². The number of carbonyl (C=O) groups is 1. The summed E-state index contributed by atoms with van der Waals surface area (Å²) in [5.41, 5.74) is 2.54. The highest BCUT2D eigenvalue weighted by atomic mass is 32.2. The summed E-state index contributed by atoms with van der Waals surface area (Å²) >= 11 is 0. The van der Waals surface area contributed by atoms with Gasteiger partial charge in [0, 0.05) is 57.4 Å². The number of piperidine rings is 1. The third-order valence-corrected chi connectivity index (χ3v) is 9.09. The van der Waals surface area contributed by atoms with E-state index >= 15 is 0 Å². The summed E-state index contributed by atoms with van der Waals surface area (Å²) < 4.78 is 27.7. The minimum atomic E-state index is -3.57. The van der Waals surface area contributed by atoms with E-state index in [4.69, 9.17) is 0 Å². The fourth-order valence-electron chi connectivity index (χ4n) is 5.06. The number of nitrogens with zero attached hydrogens (tertiary/aromatic N) is 3. The average molecular weight is 499 g/mol. The van der Waals surface area contributed by atoms with Gasteiger partial charge in [0.25, 0.3) is 5.91 Å². The number of hydrogen-bond acceptors (Lipinski definition) is 5. The van der Waals surface area contributed by atoms with E-state index in [0.29, 0.717) is 31.2 Å². The molecule has 0 radical (unpaired) electrons. The molecule has 35 heavy (non-hydrogen) atoms. The zero-order chi connectivity index (χ0) is 24.8. The van der Waals surface area contributed by atoms with Gasteiger partial charge in [-0.15, -0.1) is 0 Å². The lowest BCUT2D eigenvalue weighted by molar-refractivity contribution is 0.0865. The smallest absolute Gasteiger partial charge is 0.251 e. The number of carbonyl (C=O) groups excluding carboxylic acids is 1. The van der Waals surface area contributed by atoms with E-state index in [-0.39, 0.29) is 10.8 Å². The number of rotatable bonds is 8. The summed E-state index contributed by atoms with van der Waals surface area (Å²) in [5, 5.41) is 3.02. The Labute approximate surface area is 210 Å². The second-order valence-corrected chi connectivity index (χ2v) is 11.7. The van der Waals surface area contributed by atoms with Gasteiger partial charge >= 0.3 is 0 Å². The lowest BCUT2D eigenvalue weighted by atomic mass is 10.0. The van der Waals surface area contributed by atoms with Gasteiger partial charge < -0.3 is 10.2 Å². The Bertz CT molecular complexity index is 1100. The predicted octanol–water partition coefficient (Wildman–Crippen LogP) is 3.28. The summed E-state index contributed by atoms with van der Waals surface area (Å²) in [6.07, 6.45) is 3.67. The topological polar surface area (TPSA) is 73.0 Å². The Morgan fingerprint density at radius 1 is 1.00 bits per heavy atom. The highest BCUT2D eigenvalue weighted by Gasteiger charge is 2.28. The molecule has 1 atom stereocenters. The van der Waals surface area contributed by atoms with E-state index < -0.39 is 10.0 Å². The first kappa shape index (κ1) is 25.8. The molecule has 7 nitrogen and oxygen atoms in total. The minimum absolute atomic E-state index is 0.207. The third kappa shape index (κ3) is 6.30. The standard InChI is InChI=1S/C27H38N4O3S/c1-22-12-13-24(35(33,34)31-16-7-4-8-17-31)20-25(22)27(32)28-14-9-15-30-19-18-29(2)21-26(30)23-10-5-3-6-11-23/h3,5-6,10-13,20,26H,4,7-9,14-19,21H2,1-2H3,(H,28,32). The maximum Gasteiger partial charge on any atom is 0.251 e. The molecule has 8 heteroatoms. The van der Waals surface area contributed by atoms with Crippen molar-refractivity contribution in [3.8, 4) is 0 Å². The van der Waals surface area contributed by atoms with Gasteiger partial charge in [-0.3, -0.25) is 9.69 Å². The van der Waals surface area contributed by atoms with E-state index in [9.17, 15) is 13.2 Å². The first-order valence-corrected chi connectivity index (χ1v) is 14.2. The van der Waals surface area contributed by atoms with Crippen LogP contribution in [-0.4, -0.2) is 81.3 Å². The van der Waals surface area contributed by atoms with Gasteiger partial charge in [-0.25, -0.2) is 8.42 Å². The molecule has 0 aliphatic carbocycles. The van der Waals surface area contributed by atoms with E-state index in [1.165, 1.54) is 5.56 Å². The molecule has 2 aliphatic heterocycles. The van der Waals surface area contributed by atoms with Gasteiger partial charge in [-0.2, -0.15) is 4.31 Å². The zero-order valence-corrected chi connectivity index (χ0v) is 21.8. The number of sulfonamides is 1.